The molecule has 0 bridgehead atoms. The summed E-state index contributed by atoms with van der Waals surface area (Å²) >= 11 is 1.58. The predicted octanol–water partition coefficient (Wildman–Crippen LogP) is 4.11. The van der Waals surface area contributed by atoms with Gasteiger partial charge in [0.05, 0.1) is 11.3 Å². The van der Waals surface area contributed by atoms with E-state index in [9.17, 15) is 9.18 Å². The van der Waals surface area contributed by atoms with Gasteiger partial charge in [0.1, 0.15) is 16.5 Å². The summed E-state index contributed by atoms with van der Waals surface area (Å²) in [6, 6.07) is 6.15. The number of halogens is 1. The molecule has 2 heterocycles. The van der Waals surface area contributed by atoms with Crippen molar-refractivity contribution in [2.75, 3.05) is 0 Å². The number of aryl methyl sites for hydroxylation is 1. The molecule has 4 rings (SSSR count). The first-order valence-corrected chi connectivity index (χ1v) is 8.17. The second-order valence-electron chi connectivity index (χ2n) is 5.79. The molecule has 1 aromatic carbocycles. The molecular formula is C17H13FN2O2S. The second kappa shape index (κ2) is 5.09. The van der Waals surface area contributed by atoms with Gasteiger partial charge in [0.15, 0.2) is 0 Å². The van der Waals surface area contributed by atoms with Crippen LogP contribution in [0.5, 0.6) is 0 Å². The third kappa shape index (κ3) is 2.39. The van der Waals surface area contributed by atoms with Crippen LogP contribution in [0.4, 0.5) is 4.39 Å². The Morgan fingerprint density at radius 2 is 2.13 bits per heavy atom. The zero-order valence-electron chi connectivity index (χ0n) is 12.3. The van der Waals surface area contributed by atoms with Crippen LogP contribution >= 0.6 is 11.3 Å². The van der Waals surface area contributed by atoms with Crippen LogP contribution in [0.2, 0.25) is 0 Å². The van der Waals surface area contributed by atoms with Gasteiger partial charge in [-0.15, -0.1) is 11.3 Å². The van der Waals surface area contributed by atoms with E-state index < -0.39 is 11.8 Å². The Kier molecular flexibility index (Phi) is 3.16. The smallest absolute Gasteiger partial charge is 0.335 e. The molecular weight excluding hydrogens is 315 g/mol. The summed E-state index contributed by atoms with van der Waals surface area (Å²) in [7, 11) is 0. The van der Waals surface area contributed by atoms with E-state index in [0.717, 1.165) is 34.2 Å². The van der Waals surface area contributed by atoms with Gasteiger partial charge in [-0.3, -0.25) is 0 Å². The van der Waals surface area contributed by atoms with E-state index in [0.29, 0.717) is 5.56 Å². The van der Waals surface area contributed by atoms with E-state index in [4.69, 9.17) is 5.11 Å². The number of carboxylic acids is 1. The number of carbonyl (C=O) groups is 1. The number of benzene rings is 1. The molecule has 0 aliphatic heterocycles. The van der Waals surface area contributed by atoms with Crippen molar-refractivity contribution in [2.24, 2.45) is 0 Å². The minimum atomic E-state index is -1.12. The number of rotatable bonds is 3. The number of hydrogen-bond acceptors (Lipinski definition) is 4. The molecule has 2 aromatic heterocycles. The average molecular weight is 328 g/mol. The fraction of sp³-hybridized carbons (Fsp3) is 0.235. The normalized spacial score (nSPS) is 19.9. The van der Waals surface area contributed by atoms with Gasteiger partial charge in [-0.2, -0.15) is 0 Å². The Bertz CT molecular complexity index is 937. The summed E-state index contributed by atoms with van der Waals surface area (Å²) in [6.07, 6.45) is 0.824. The second-order valence-corrected chi connectivity index (χ2v) is 6.68. The minimum Gasteiger partial charge on any atom is -0.478 e. The first kappa shape index (κ1) is 14.3. The lowest BCUT2D eigenvalue weighted by Crippen LogP contribution is -2.00. The average Bonchev–Trinajstić information content (AvgIpc) is 3.15. The number of hydrogen-bond donors (Lipinski definition) is 1. The number of thiophene rings is 1. The van der Waals surface area contributed by atoms with Crippen LogP contribution in [0.25, 0.3) is 10.2 Å². The maximum atomic E-state index is 14.2. The molecule has 1 aliphatic rings. The third-order valence-corrected chi connectivity index (χ3v) is 5.06. The zero-order chi connectivity index (χ0) is 16.1. The summed E-state index contributed by atoms with van der Waals surface area (Å²) in [4.78, 5) is 20.9. The molecule has 1 N–H and O–H groups in total. The molecule has 2 atom stereocenters. The summed E-state index contributed by atoms with van der Waals surface area (Å²) in [5, 5.41) is 12.0. The van der Waals surface area contributed by atoms with E-state index in [1.54, 1.807) is 17.4 Å². The maximum Gasteiger partial charge on any atom is 0.335 e. The van der Waals surface area contributed by atoms with Crippen molar-refractivity contribution < 1.29 is 14.3 Å². The van der Waals surface area contributed by atoms with E-state index in [1.807, 2.05) is 18.4 Å². The molecule has 23 heavy (non-hydrogen) atoms. The van der Waals surface area contributed by atoms with Gasteiger partial charge < -0.3 is 5.11 Å². The number of carboxylic acid groups (broad SMARTS) is 1. The molecule has 0 radical (unpaired) electrons. The monoisotopic (exact) mass is 328 g/mol. The van der Waals surface area contributed by atoms with Crippen LogP contribution in [-0.4, -0.2) is 21.0 Å². The highest BCUT2D eigenvalue weighted by atomic mass is 32.1. The van der Waals surface area contributed by atoms with E-state index in [1.165, 1.54) is 6.07 Å². The molecule has 6 heteroatoms. The van der Waals surface area contributed by atoms with Gasteiger partial charge in [0.25, 0.3) is 0 Å². The topological polar surface area (TPSA) is 63.1 Å². The van der Waals surface area contributed by atoms with Crippen molar-refractivity contribution in [1.82, 2.24) is 9.97 Å². The number of aromatic nitrogens is 2. The van der Waals surface area contributed by atoms with Gasteiger partial charge in [-0.25, -0.2) is 19.2 Å². The molecule has 1 fully saturated rings. The molecule has 4 nitrogen and oxygen atoms in total. The number of fused-ring (bicyclic) bond motifs is 1. The fourth-order valence-corrected chi connectivity index (χ4v) is 3.89. The van der Waals surface area contributed by atoms with Gasteiger partial charge in [0, 0.05) is 11.3 Å². The third-order valence-electron chi connectivity index (χ3n) is 4.25. The standard InChI is InChI=1S/C17H13FN2O2S/c1-8-19-15(11-4-5-23-16(11)20-8)13-7-12(13)10-3-2-9(17(21)22)6-14(10)18/h2-6,12-13H,7H2,1H3,(H,21,22). The van der Waals surface area contributed by atoms with E-state index in [2.05, 4.69) is 9.97 Å². The van der Waals surface area contributed by atoms with Crippen LogP contribution in [0.1, 0.15) is 45.7 Å². The maximum absolute atomic E-state index is 14.2. The van der Waals surface area contributed by atoms with Crippen LogP contribution in [0.15, 0.2) is 29.6 Å². The molecule has 0 spiro atoms. The van der Waals surface area contributed by atoms with Gasteiger partial charge >= 0.3 is 5.97 Å². The number of aromatic carboxylic acids is 1. The largest absolute Gasteiger partial charge is 0.478 e. The SMILES string of the molecule is Cc1nc(C2CC2c2ccc(C(=O)O)cc2F)c2ccsc2n1. The van der Waals surface area contributed by atoms with E-state index in [-0.39, 0.29) is 17.4 Å². The van der Waals surface area contributed by atoms with Gasteiger partial charge in [0.2, 0.25) is 0 Å². The van der Waals surface area contributed by atoms with Crippen molar-refractivity contribution in [2.45, 2.75) is 25.2 Å². The fourth-order valence-electron chi connectivity index (χ4n) is 3.07. The van der Waals surface area contributed by atoms with Gasteiger partial charge in [-0.1, -0.05) is 6.07 Å². The first-order valence-electron chi connectivity index (χ1n) is 7.29. The molecule has 0 amide bonds. The zero-order valence-corrected chi connectivity index (χ0v) is 13.1. The summed E-state index contributed by atoms with van der Waals surface area (Å²) in [5.74, 6) is -0.629. The Morgan fingerprint density at radius 3 is 2.87 bits per heavy atom. The highest BCUT2D eigenvalue weighted by Crippen LogP contribution is 2.56. The highest BCUT2D eigenvalue weighted by Gasteiger charge is 2.43. The van der Waals surface area contributed by atoms with Crippen molar-refractivity contribution in [1.29, 1.82) is 0 Å². The summed E-state index contributed by atoms with van der Waals surface area (Å²) < 4.78 is 14.2. The summed E-state index contributed by atoms with van der Waals surface area (Å²) in [5.41, 5.74) is 1.52. The Morgan fingerprint density at radius 1 is 1.30 bits per heavy atom. The Hall–Kier alpha value is -2.34. The van der Waals surface area contributed by atoms with Crippen LogP contribution in [-0.2, 0) is 0 Å². The van der Waals surface area contributed by atoms with Crippen LogP contribution < -0.4 is 0 Å². The predicted molar refractivity (Wildman–Crippen MR) is 85.6 cm³/mol. The minimum absolute atomic E-state index is 0.0263. The molecule has 1 saturated carbocycles. The lowest BCUT2D eigenvalue weighted by Gasteiger charge is -2.06. The molecule has 0 saturated heterocycles. The van der Waals surface area contributed by atoms with E-state index >= 15 is 0 Å². The van der Waals surface area contributed by atoms with Crippen molar-refractivity contribution in [3.05, 3.63) is 58.1 Å². The van der Waals surface area contributed by atoms with Crippen molar-refractivity contribution in [3.8, 4) is 0 Å². The van der Waals surface area contributed by atoms with Crippen LogP contribution in [0, 0.1) is 12.7 Å². The van der Waals surface area contributed by atoms with Crippen LogP contribution in [0.3, 0.4) is 0 Å². The molecule has 3 aromatic rings. The molecule has 2 unspecified atom stereocenters. The highest BCUT2D eigenvalue weighted by molar-refractivity contribution is 7.16. The lowest BCUT2D eigenvalue weighted by molar-refractivity contribution is 0.0696. The lowest BCUT2D eigenvalue weighted by atomic mass is 10.0. The first-order chi connectivity index (χ1) is 11.0. The van der Waals surface area contributed by atoms with Crippen molar-refractivity contribution >= 4 is 27.5 Å². The molecule has 1 aliphatic carbocycles. The quantitative estimate of drug-likeness (QED) is 0.786. The van der Waals surface area contributed by atoms with Gasteiger partial charge in [-0.05, 0) is 48.4 Å². The van der Waals surface area contributed by atoms with Crippen molar-refractivity contribution in [3.63, 3.8) is 0 Å². The number of nitrogens with zero attached hydrogens (tertiary/aromatic N) is 2. The molecule has 116 valence electrons. The Balaban J connectivity index is 1.70. The Labute approximate surface area is 135 Å². The summed E-state index contributed by atoms with van der Waals surface area (Å²) in [6.45, 7) is 1.86.